The smallest absolute Gasteiger partial charge is 0.328 e. The van der Waals surface area contributed by atoms with Gasteiger partial charge < -0.3 is 15.9 Å². The molecule has 0 amide bonds. The number of aliphatic carboxylic acids is 2. The van der Waals surface area contributed by atoms with E-state index in [1.807, 2.05) is 0 Å². The van der Waals surface area contributed by atoms with Gasteiger partial charge in [-0.15, -0.1) is 0 Å². The Kier molecular flexibility index (Phi) is 7.96. The third kappa shape index (κ3) is 5.79. The molecule has 0 atom stereocenters. The summed E-state index contributed by atoms with van der Waals surface area (Å²) in [5, 5.41) is 15.6. The quantitative estimate of drug-likeness (QED) is 0.683. The van der Waals surface area contributed by atoms with E-state index >= 15 is 0 Å². The van der Waals surface area contributed by atoms with Crippen LogP contribution in [0, 0.1) is 5.92 Å². The number of rotatable bonds is 5. The molecule has 1 fully saturated rings. The van der Waals surface area contributed by atoms with E-state index in [-0.39, 0.29) is 5.41 Å². The Morgan fingerprint density at radius 3 is 1.57 bits per heavy atom. The average molecular weight is 381 g/mol. The predicted octanol–water partition coefficient (Wildman–Crippen LogP) is 3.83. The number of benzene rings is 2. The van der Waals surface area contributed by atoms with Crippen molar-refractivity contribution in [1.82, 2.24) is 0 Å². The molecule has 0 saturated heterocycles. The SMILES string of the molecule is NCC1CCC(c2ccccc2)(c2ccccc2)CC1.O=C(O)/C=C/C(=O)O. The highest BCUT2D eigenvalue weighted by Crippen LogP contribution is 2.46. The van der Waals surface area contributed by atoms with Crippen molar-refractivity contribution in [2.45, 2.75) is 31.1 Å². The van der Waals surface area contributed by atoms with Gasteiger partial charge in [0.05, 0.1) is 0 Å². The number of nitrogens with two attached hydrogens (primary N) is 1. The molecule has 0 radical (unpaired) electrons. The summed E-state index contributed by atoms with van der Waals surface area (Å²) in [7, 11) is 0. The number of carboxylic acids is 2. The van der Waals surface area contributed by atoms with Gasteiger partial charge in [0.15, 0.2) is 0 Å². The van der Waals surface area contributed by atoms with Gasteiger partial charge in [0.1, 0.15) is 0 Å². The predicted molar refractivity (Wildman–Crippen MR) is 109 cm³/mol. The van der Waals surface area contributed by atoms with Crippen LogP contribution in [0.4, 0.5) is 0 Å². The summed E-state index contributed by atoms with van der Waals surface area (Å²) in [6.07, 6.45) is 6.01. The summed E-state index contributed by atoms with van der Waals surface area (Å²) in [4.78, 5) is 19.1. The minimum absolute atomic E-state index is 0.189. The van der Waals surface area contributed by atoms with Crippen LogP contribution >= 0.6 is 0 Å². The fraction of sp³-hybridized carbons (Fsp3) is 0.304. The van der Waals surface area contributed by atoms with E-state index < -0.39 is 11.9 Å². The lowest BCUT2D eigenvalue weighted by Crippen LogP contribution is -2.34. The van der Waals surface area contributed by atoms with Crippen LogP contribution < -0.4 is 5.73 Å². The van der Waals surface area contributed by atoms with Crippen LogP contribution in [0.25, 0.3) is 0 Å². The van der Waals surface area contributed by atoms with Crippen LogP contribution in [-0.4, -0.2) is 28.7 Å². The number of hydrogen-bond acceptors (Lipinski definition) is 3. The third-order valence-corrected chi connectivity index (χ3v) is 5.31. The molecule has 0 spiro atoms. The summed E-state index contributed by atoms with van der Waals surface area (Å²) >= 11 is 0. The van der Waals surface area contributed by atoms with E-state index in [2.05, 4.69) is 60.7 Å². The minimum atomic E-state index is -1.26. The molecule has 0 bridgehead atoms. The molecular formula is C23H27NO4. The highest BCUT2D eigenvalue weighted by atomic mass is 16.4. The highest BCUT2D eigenvalue weighted by molar-refractivity contribution is 5.89. The molecule has 5 heteroatoms. The molecule has 4 N–H and O–H groups in total. The molecule has 0 aliphatic heterocycles. The highest BCUT2D eigenvalue weighted by Gasteiger charge is 2.37. The van der Waals surface area contributed by atoms with Crippen molar-refractivity contribution in [1.29, 1.82) is 0 Å². The van der Waals surface area contributed by atoms with Crippen LogP contribution in [0.3, 0.4) is 0 Å². The van der Waals surface area contributed by atoms with Gasteiger partial charge in [-0.3, -0.25) is 0 Å². The first kappa shape index (κ1) is 21.4. The monoisotopic (exact) mass is 381 g/mol. The minimum Gasteiger partial charge on any atom is -0.478 e. The fourth-order valence-electron chi connectivity index (χ4n) is 3.81. The Balaban J connectivity index is 0.000000300. The van der Waals surface area contributed by atoms with E-state index in [1.54, 1.807) is 0 Å². The van der Waals surface area contributed by atoms with Gasteiger partial charge >= 0.3 is 11.9 Å². The molecular weight excluding hydrogens is 354 g/mol. The van der Waals surface area contributed by atoms with E-state index in [0.29, 0.717) is 18.1 Å². The normalized spacial score (nSPS) is 16.2. The summed E-state index contributed by atoms with van der Waals surface area (Å²) in [6.45, 7) is 0.833. The molecule has 0 aromatic heterocycles. The largest absolute Gasteiger partial charge is 0.478 e. The number of carbonyl (C=O) groups is 2. The van der Waals surface area contributed by atoms with Crippen molar-refractivity contribution in [2.24, 2.45) is 11.7 Å². The lowest BCUT2D eigenvalue weighted by atomic mass is 9.63. The second-order valence-electron chi connectivity index (χ2n) is 7.00. The Bertz CT molecular complexity index is 721. The maximum Gasteiger partial charge on any atom is 0.328 e. The van der Waals surface area contributed by atoms with Gasteiger partial charge in [-0.05, 0) is 49.3 Å². The Morgan fingerprint density at radius 2 is 1.25 bits per heavy atom. The van der Waals surface area contributed by atoms with Crippen LogP contribution in [-0.2, 0) is 15.0 Å². The van der Waals surface area contributed by atoms with E-state index in [9.17, 15) is 9.59 Å². The van der Waals surface area contributed by atoms with Crippen LogP contribution in [0.5, 0.6) is 0 Å². The average Bonchev–Trinajstić information content (AvgIpc) is 2.74. The van der Waals surface area contributed by atoms with Crippen LogP contribution in [0.1, 0.15) is 36.8 Å². The first-order valence-corrected chi connectivity index (χ1v) is 9.43. The lowest BCUT2D eigenvalue weighted by molar-refractivity contribution is -0.134. The molecule has 0 unspecified atom stereocenters. The zero-order valence-corrected chi connectivity index (χ0v) is 15.8. The maximum absolute atomic E-state index is 9.55. The summed E-state index contributed by atoms with van der Waals surface area (Å²) in [5.74, 6) is -1.81. The Labute approximate surface area is 165 Å². The maximum atomic E-state index is 9.55. The molecule has 1 aliphatic rings. The topological polar surface area (TPSA) is 101 Å². The van der Waals surface area contributed by atoms with E-state index in [1.165, 1.54) is 36.8 Å². The zero-order valence-electron chi connectivity index (χ0n) is 15.8. The van der Waals surface area contributed by atoms with Crippen molar-refractivity contribution in [3.8, 4) is 0 Å². The standard InChI is InChI=1S/C19H23N.C4H4O4/c20-15-16-11-13-19(14-12-16,17-7-3-1-4-8-17)18-9-5-2-6-10-18;5-3(6)1-2-4(7)8/h1-10,16H,11-15,20H2;1-2H,(H,5,6)(H,7,8)/b;2-1+. The molecule has 148 valence electrons. The van der Waals surface area contributed by atoms with Gasteiger partial charge in [0.25, 0.3) is 0 Å². The van der Waals surface area contributed by atoms with Crippen molar-refractivity contribution >= 4 is 11.9 Å². The second-order valence-corrected chi connectivity index (χ2v) is 7.00. The summed E-state index contributed by atoms with van der Waals surface area (Å²) in [5.41, 5.74) is 8.98. The number of carboxylic acid groups (broad SMARTS) is 2. The van der Waals surface area contributed by atoms with Gasteiger partial charge in [-0.25, -0.2) is 9.59 Å². The lowest BCUT2D eigenvalue weighted by Gasteiger charge is -2.41. The zero-order chi connectivity index (χ0) is 20.4. The second kappa shape index (κ2) is 10.4. The van der Waals surface area contributed by atoms with Crippen LogP contribution in [0.15, 0.2) is 72.8 Å². The van der Waals surface area contributed by atoms with Gasteiger partial charge in [-0.2, -0.15) is 0 Å². The van der Waals surface area contributed by atoms with Crippen molar-refractivity contribution < 1.29 is 19.8 Å². The third-order valence-electron chi connectivity index (χ3n) is 5.31. The van der Waals surface area contributed by atoms with Gasteiger partial charge in [-0.1, -0.05) is 60.7 Å². The molecule has 2 aromatic rings. The van der Waals surface area contributed by atoms with E-state index in [0.717, 1.165) is 6.54 Å². The molecule has 2 aromatic carbocycles. The van der Waals surface area contributed by atoms with Crippen molar-refractivity contribution in [3.05, 3.63) is 83.9 Å². The Morgan fingerprint density at radius 1 is 0.857 bits per heavy atom. The summed E-state index contributed by atoms with van der Waals surface area (Å²) < 4.78 is 0. The molecule has 1 saturated carbocycles. The van der Waals surface area contributed by atoms with Crippen LogP contribution in [0.2, 0.25) is 0 Å². The molecule has 5 nitrogen and oxygen atoms in total. The van der Waals surface area contributed by atoms with Crippen molar-refractivity contribution in [2.75, 3.05) is 6.54 Å². The first-order chi connectivity index (χ1) is 13.5. The van der Waals surface area contributed by atoms with Gasteiger partial charge in [0, 0.05) is 17.6 Å². The first-order valence-electron chi connectivity index (χ1n) is 9.43. The number of hydrogen-bond donors (Lipinski definition) is 3. The van der Waals surface area contributed by atoms with Gasteiger partial charge in [0.2, 0.25) is 0 Å². The fourth-order valence-corrected chi connectivity index (χ4v) is 3.81. The molecule has 1 aliphatic carbocycles. The van der Waals surface area contributed by atoms with E-state index in [4.69, 9.17) is 15.9 Å². The molecule has 28 heavy (non-hydrogen) atoms. The molecule has 3 rings (SSSR count). The Hall–Kier alpha value is -2.92. The van der Waals surface area contributed by atoms with Crippen molar-refractivity contribution in [3.63, 3.8) is 0 Å². The summed E-state index contributed by atoms with van der Waals surface area (Å²) in [6, 6.07) is 22.0. The molecule has 0 heterocycles.